The Kier molecular flexibility index (Phi) is 4.19. The molecule has 2 nitrogen and oxygen atoms in total. The highest BCUT2D eigenvalue weighted by Crippen LogP contribution is 2.21. The Hall–Kier alpha value is -0.980. The standard InChI is InChI=1S/C11H9BrClNO/c1-3-7(2)14-11(15)9-5-4-8(12)6-10(9)13/h1,4-7H,2H3,(H,14,15). The highest BCUT2D eigenvalue weighted by molar-refractivity contribution is 9.10. The molecule has 0 saturated heterocycles. The molecule has 78 valence electrons. The number of carbonyl (C=O) groups is 1. The van der Waals surface area contributed by atoms with Crippen molar-refractivity contribution in [3.8, 4) is 12.3 Å². The predicted molar refractivity (Wildman–Crippen MR) is 64.9 cm³/mol. The van der Waals surface area contributed by atoms with Gasteiger partial charge in [-0.3, -0.25) is 4.79 Å². The average molecular weight is 287 g/mol. The summed E-state index contributed by atoms with van der Waals surface area (Å²) in [6.07, 6.45) is 5.16. The molecule has 1 aromatic rings. The highest BCUT2D eigenvalue weighted by atomic mass is 79.9. The van der Waals surface area contributed by atoms with Crippen molar-refractivity contribution in [3.63, 3.8) is 0 Å². The molecular formula is C11H9BrClNO. The van der Waals surface area contributed by atoms with Crippen molar-refractivity contribution in [2.75, 3.05) is 0 Å². The van der Waals surface area contributed by atoms with Gasteiger partial charge >= 0.3 is 0 Å². The molecular weight excluding hydrogens is 277 g/mol. The molecule has 0 aliphatic rings. The van der Waals surface area contributed by atoms with Crippen molar-refractivity contribution < 1.29 is 4.79 Å². The fraction of sp³-hybridized carbons (Fsp3) is 0.182. The van der Waals surface area contributed by atoms with Crippen molar-refractivity contribution in [1.29, 1.82) is 0 Å². The molecule has 0 aromatic heterocycles. The van der Waals surface area contributed by atoms with Crippen LogP contribution in [-0.2, 0) is 0 Å². The van der Waals surface area contributed by atoms with Crippen molar-refractivity contribution in [2.45, 2.75) is 13.0 Å². The first kappa shape index (κ1) is 12.1. The van der Waals surface area contributed by atoms with E-state index in [1.54, 1.807) is 25.1 Å². The van der Waals surface area contributed by atoms with E-state index in [-0.39, 0.29) is 11.9 Å². The first-order chi connectivity index (χ1) is 7.04. The number of benzene rings is 1. The van der Waals surface area contributed by atoms with Gasteiger partial charge in [0.05, 0.1) is 16.6 Å². The molecule has 1 amide bonds. The first-order valence-corrected chi connectivity index (χ1v) is 5.43. The molecule has 0 aliphatic carbocycles. The van der Waals surface area contributed by atoms with Gasteiger partial charge in [0.1, 0.15) is 0 Å². The molecule has 0 radical (unpaired) electrons. The molecule has 0 aliphatic heterocycles. The van der Waals surface area contributed by atoms with Gasteiger partial charge in [-0.05, 0) is 25.1 Å². The van der Waals surface area contributed by atoms with Gasteiger partial charge in [-0.1, -0.05) is 33.5 Å². The van der Waals surface area contributed by atoms with E-state index in [9.17, 15) is 4.79 Å². The lowest BCUT2D eigenvalue weighted by molar-refractivity contribution is 0.0948. The van der Waals surface area contributed by atoms with Crippen molar-refractivity contribution in [2.24, 2.45) is 0 Å². The molecule has 1 aromatic carbocycles. The smallest absolute Gasteiger partial charge is 0.253 e. The molecule has 1 atom stereocenters. The Bertz CT molecular complexity index is 425. The van der Waals surface area contributed by atoms with Crippen molar-refractivity contribution >= 4 is 33.4 Å². The molecule has 1 unspecified atom stereocenters. The molecule has 0 bridgehead atoms. The quantitative estimate of drug-likeness (QED) is 0.832. The summed E-state index contributed by atoms with van der Waals surface area (Å²) >= 11 is 9.17. The Morgan fingerprint density at radius 3 is 2.87 bits per heavy atom. The number of nitrogens with one attached hydrogen (secondary N) is 1. The highest BCUT2D eigenvalue weighted by Gasteiger charge is 2.11. The average Bonchev–Trinajstić information content (AvgIpc) is 2.17. The Morgan fingerprint density at radius 1 is 1.67 bits per heavy atom. The second-order valence-corrected chi connectivity index (χ2v) is 4.31. The Morgan fingerprint density at radius 2 is 2.33 bits per heavy atom. The number of amides is 1. The van der Waals surface area contributed by atoms with E-state index in [0.29, 0.717) is 10.6 Å². The van der Waals surface area contributed by atoms with Gasteiger partial charge in [0.2, 0.25) is 0 Å². The molecule has 4 heteroatoms. The zero-order valence-electron chi connectivity index (χ0n) is 8.05. The third-order valence-electron chi connectivity index (χ3n) is 1.77. The van der Waals surface area contributed by atoms with Gasteiger partial charge in [0.15, 0.2) is 0 Å². The number of terminal acetylenes is 1. The molecule has 15 heavy (non-hydrogen) atoms. The maximum Gasteiger partial charge on any atom is 0.253 e. The summed E-state index contributed by atoms with van der Waals surface area (Å²) < 4.78 is 0.828. The van der Waals surface area contributed by atoms with E-state index in [0.717, 1.165) is 4.47 Å². The molecule has 1 rings (SSSR count). The fourth-order valence-corrected chi connectivity index (χ4v) is 1.75. The SMILES string of the molecule is C#CC(C)NC(=O)c1ccc(Br)cc1Cl. The van der Waals surface area contributed by atoms with Crippen LogP contribution in [0.2, 0.25) is 5.02 Å². The summed E-state index contributed by atoms with van der Waals surface area (Å²) in [6.45, 7) is 1.73. The van der Waals surface area contributed by atoms with E-state index in [1.807, 2.05) is 0 Å². The fourth-order valence-electron chi connectivity index (χ4n) is 0.990. The monoisotopic (exact) mass is 285 g/mol. The lowest BCUT2D eigenvalue weighted by atomic mass is 10.2. The lowest BCUT2D eigenvalue weighted by Gasteiger charge is -2.08. The zero-order chi connectivity index (χ0) is 11.4. The number of hydrogen-bond donors (Lipinski definition) is 1. The van der Waals surface area contributed by atoms with Crippen LogP contribution in [0.25, 0.3) is 0 Å². The van der Waals surface area contributed by atoms with Gasteiger partial charge < -0.3 is 5.32 Å². The predicted octanol–water partition coefficient (Wildman–Crippen LogP) is 2.85. The number of hydrogen-bond acceptors (Lipinski definition) is 1. The topological polar surface area (TPSA) is 29.1 Å². The Labute approximate surface area is 102 Å². The van der Waals surface area contributed by atoms with Crippen LogP contribution in [0.3, 0.4) is 0 Å². The second-order valence-electron chi connectivity index (χ2n) is 2.99. The van der Waals surface area contributed by atoms with Crippen LogP contribution in [0, 0.1) is 12.3 Å². The van der Waals surface area contributed by atoms with Crippen LogP contribution >= 0.6 is 27.5 Å². The molecule has 0 saturated carbocycles. The van der Waals surface area contributed by atoms with Gasteiger partial charge in [-0.25, -0.2) is 0 Å². The van der Waals surface area contributed by atoms with Crippen LogP contribution in [0.5, 0.6) is 0 Å². The third-order valence-corrected chi connectivity index (χ3v) is 2.58. The summed E-state index contributed by atoms with van der Waals surface area (Å²) in [4.78, 5) is 11.6. The van der Waals surface area contributed by atoms with Crippen LogP contribution in [0.4, 0.5) is 0 Å². The minimum Gasteiger partial charge on any atom is -0.339 e. The number of halogens is 2. The second kappa shape index (κ2) is 5.20. The minimum absolute atomic E-state index is 0.266. The van der Waals surface area contributed by atoms with E-state index in [1.165, 1.54) is 0 Å². The summed E-state index contributed by atoms with van der Waals surface area (Å²) in [5, 5.41) is 3.03. The van der Waals surface area contributed by atoms with Crippen molar-refractivity contribution in [1.82, 2.24) is 5.32 Å². The molecule has 0 heterocycles. The minimum atomic E-state index is -0.308. The summed E-state index contributed by atoms with van der Waals surface area (Å²) in [5.41, 5.74) is 0.418. The van der Waals surface area contributed by atoms with Crippen LogP contribution in [0.15, 0.2) is 22.7 Å². The first-order valence-electron chi connectivity index (χ1n) is 4.26. The summed E-state index contributed by atoms with van der Waals surface area (Å²) in [6, 6.07) is 4.75. The van der Waals surface area contributed by atoms with Crippen LogP contribution < -0.4 is 5.32 Å². The maximum atomic E-state index is 11.6. The summed E-state index contributed by atoms with van der Waals surface area (Å²) in [7, 11) is 0. The van der Waals surface area contributed by atoms with E-state index in [4.69, 9.17) is 18.0 Å². The van der Waals surface area contributed by atoms with Gasteiger partial charge in [-0.15, -0.1) is 6.42 Å². The number of carbonyl (C=O) groups excluding carboxylic acids is 1. The van der Waals surface area contributed by atoms with E-state index in [2.05, 4.69) is 27.2 Å². The lowest BCUT2D eigenvalue weighted by Crippen LogP contribution is -2.31. The normalized spacial score (nSPS) is 11.6. The Balaban J connectivity index is 2.88. The van der Waals surface area contributed by atoms with Gasteiger partial charge in [0, 0.05) is 4.47 Å². The van der Waals surface area contributed by atoms with Gasteiger partial charge in [0.25, 0.3) is 5.91 Å². The maximum absolute atomic E-state index is 11.6. The van der Waals surface area contributed by atoms with E-state index >= 15 is 0 Å². The molecule has 1 N–H and O–H groups in total. The number of rotatable bonds is 2. The van der Waals surface area contributed by atoms with Gasteiger partial charge in [-0.2, -0.15) is 0 Å². The largest absolute Gasteiger partial charge is 0.339 e. The van der Waals surface area contributed by atoms with Crippen molar-refractivity contribution in [3.05, 3.63) is 33.3 Å². The zero-order valence-corrected chi connectivity index (χ0v) is 10.4. The van der Waals surface area contributed by atoms with E-state index < -0.39 is 0 Å². The molecule has 0 fully saturated rings. The third kappa shape index (κ3) is 3.26. The van der Waals surface area contributed by atoms with Crippen LogP contribution in [-0.4, -0.2) is 11.9 Å². The molecule has 0 spiro atoms. The summed E-state index contributed by atoms with van der Waals surface area (Å²) in [5.74, 6) is 2.15. The van der Waals surface area contributed by atoms with Crippen LogP contribution in [0.1, 0.15) is 17.3 Å².